The summed E-state index contributed by atoms with van der Waals surface area (Å²) in [5, 5.41) is 6.03. The Morgan fingerprint density at radius 1 is 1.41 bits per heavy atom. The normalized spacial score (nSPS) is 10.4. The van der Waals surface area contributed by atoms with Crippen LogP contribution >= 0.6 is 0 Å². The Morgan fingerprint density at radius 3 is 2.71 bits per heavy atom. The fourth-order valence-electron chi connectivity index (χ4n) is 1.25. The molecule has 4 nitrogen and oxygen atoms in total. The molecule has 0 aromatic carbocycles. The Labute approximate surface area is 103 Å². The maximum absolute atomic E-state index is 11.4. The van der Waals surface area contributed by atoms with Gasteiger partial charge < -0.3 is 10.6 Å². The summed E-state index contributed by atoms with van der Waals surface area (Å²) >= 11 is 0. The molecular weight excluding hydrogens is 214 g/mol. The smallest absolute Gasteiger partial charge is 0.228 e. The van der Waals surface area contributed by atoms with Gasteiger partial charge in [0.1, 0.15) is 5.82 Å². The molecule has 1 heterocycles. The quantitative estimate of drug-likeness (QED) is 0.745. The molecule has 0 aliphatic heterocycles. The number of nitrogens with one attached hydrogen (secondary N) is 2. The van der Waals surface area contributed by atoms with E-state index in [0.29, 0.717) is 5.82 Å². The summed E-state index contributed by atoms with van der Waals surface area (Å²) in [7, 11) is 0. The molecule has 0 atom stereocenters. The van der Waals surface area contributed by atoms with Crippen LogP contribution in [0.15, 0.2) is 18.3 Å². The van der Waals surface area contributed by atoms with Crippen LogP contribution < -0.4 is 10.6 Å². The Bertz CT molecular complexity index is 346. The number of nitrogens with zero attached hydrogens (tertiary/aromatic N) is 1. The van der Waals surface area contributed by atoms with E-state index in [1.165, 1.54) is 6.42 Å². The van der Waals surface area contributed by atoms with Gasteiger partial charge in [-0.2, -0.15) is 0 Å². The van der Waals surface area contributed by atoms with Crippen LogP contribution in [0.5, 0.6) is 0 Å². The van der Waals surface area contributed by atoms with Crippen LogP contribution in [0.2, 0.25) is 0 Å². The summed E-state index contributed by atoms with van der Waals surface area (Å²) in [4.78, 5) is 15.6. The number of hydrogen-bond acceptors (Lipinski definition) is 3. The molecule has 1 aromatic heterocycles. The minimum Gasteiger partial charge on any atom is -0.384 e. The van der Waals surface area contributed by atoms with E-state index in [0.717, 1.165) is 18.7 Å². The van der Waals surface area contributed by atoms with E-state index < -0.39 is 0 Å². The van der Waals surface area contributed by atoms with Gasteiger partial charge in [-0.15, -0.1) is 0 Å². The first kappa shape index (κ1) is 13.5. The summed E-state index contributed by atoms with van der Waals surface area (Å²) in [6, 6.07) is 3.74. The number of hydrogen-bond donors (Lipinski definition) is 2. The maximum Gasteiger partial charge on any atom is 0.228 e. The van der Waals surface area contributed by atoms with Crippen LogP contribution in [0.3, 0.4) is 0 Å². The van der Waals surface area contributed by atoms with Crippen LogP contribution in [0.1, 0.15) is 33.6 Å². The van der Waals surface area contributed by atoms with Gasteiger partial charge in [-0.05, 0) is 18.6 Å². The van der Waals surface area contributed by atoms with Gasteiger partial charge in [-0.1, -0.05) is 27.2 Å². The van der Waals surface area contributed by atoms with E-state index in [9.17, 15) is 4.79 Å². The first-order chi connectivity index (χ1) is 8.13. The predicted molar refractivity (Wildman–Crippen MR) is 71.1 cm³/mol. The zero-order valence-corrected chi connectivity index (χ0v) is 10.8. The molecule has 1 amide bonds. The number of carbonyl (C=O) groups excluding carboxylic acids is 1. The van der Waals surface area contributed by atoms with Crippen molar-refractivity contribution in [1.29, 1.82) is 0 Å². The lowest BCUT2D eigenvalue weighted by Crippen LogP contribution is -2.18. The van der Waals surface area contributed by atoms with Gasteiger partial charge in [0.25, 0.3) is 0 Å². The molecule has 1 rings (SSSR count). The Morgan fingerprint density at radius 2 is 2.18 bits per heavy atom. The summed E-state index contributed by atoms with van der Waals surface area (Å²) in [6.07, 6.45) is 4.06. The highest BCUT2D eigenvalue weighted by molar-refractivity contribution is 5.91. The summed E-state index contributed by atoms with van der Waals surface area (Å²) in [5.74, 6) is 0.563. The second-order valence-corrected chi connectivity index (χ2v) is 4.36. The van der Waals surface area contributed by atoms with Gasteiger partial charge in [0.05, 0.1) is 11.9 Å². The van der Waals surface area contributed by atoms with Crippen molar-refractivity contribution in [3.05, 3.63) is 18.3 Å². The molecule has 0 bridgehead atoms. The van der Waals surface area contributed by atoms with Crippen LogP contribution in [0, 0.1) is 5.92 Å². The lowest BCUT2D eigenvalue weighted by atomic mass is 10.2. The highest BCUT2D eigenvalue weighted by Crippen LogP contribution is 2.10. The maximum atomic E-state index is 11.4. The SMILES string of the molecule is CCCCNc1ccc(NC(=O)C(C)C)nc1. The molecule has 0 spiro atoms. The van der Waals surface area contributed by atoms with E-state index in [2.05, 4.69) is 22.5 Å². The molecule has 1 aromatic rings. The lowest BCUT2D eigenvalue weighted by molar-refractivity contribution is -0.118. The van der Waals surface area contributed by atoms with E-state index in [-0.39, 0.29) is 11.8 Å². The van der Waals surface area contributed by atoms with Crippen molar-refractivity contribution < 1.29 is 4.79 Å². The van der Waals surface area contributed by atoms with Crippen molar-refractivity contribution in [2.45, 2.75) is 33.6 Å². The van der Waals surface area contributed by atoms with Crippen LogP contribution in [0.4, 0.5) is 11.5 Å². The van der Waals surface area contributed by atoms with Gasteiger partial charge >= 0.3 is 0 Å². The Hall–Kier alpha value is -1.58. The van der Waals surface area contributed by atoms with Crippen molar-refractivity contribution in [1.82, 2.24) is 4.98 Å². The molecule has 2 N–H and O–H groups in total. The van der Waals surface area contributed by atoms with Crippen LogP contribution in [-0.4, -0.2) is 17.4 Å². The van der Waals surface area contributed by atoms with Gasteiger partial charge in [0, 0.05) is 12.5 Å². The minimum atomic E-state index is -0.0286. The van der Waals surface area contributed by atoms with Crippen molar-refractivity contribution in [3.8, 4) is 0 Å². The third-order valence-corrected chi connectivity index (χ3v) is 2.40. The van der Waals surface area contributed by atoms with E-state index in [4.69, 9.17) is 0 Å². The highest BCUT2D eigenvalue weighted by atomic mass is 16.1. The van der Waals surface area contributed by atoms with E-state index >= 15 is 0 Å². The molecule has 0 saturated heterocycles. The first-order valence-electron chi connectivity index (χ1n) is 6.14. The number of amides is 1. The zero-order valence-electron chi connectivity index (χ0n) is 10.8. The number of pyridine rings is 1. The number of anilines is 2. The van der Waals surface area contributed by atoms with Gasteiger partial charge in [-0.3, -0.25) is 4.79 Å². The summed E-state index contributed by atoms with van der Waals surface area (Å²) < 4.78 is 0. The molecule has 0 fully saturated rings. The van der Waals surface area contributed by atoms with E-state index in [1.807, 2.05) is 26.0 Å². The van der Waals surface area contributed by atoms with Crippen LogP contribution in [0.25, 0.3) is 0 Å². The number of aromatic nitrogens is 1. The van der Waals surface area contributed by atoms with Crippen molar-refractivity contribution >= 4 is 17.4 Å². The zero-order chi connectivity index (χ0) is 12.7. The molecule has 17 heavy (non-hydrogen) atoms. The summed E-state index contributed by atoms with van der Waals surface area (Å²) in [6.45, 7) is 6.83. The fourth-order valence-corrected chi connectivity index (χ4v) is 1.25. The molecule has 0 unspecified atom stereocenters. The Kier molecular flexibility index (Phi) is 5.46. The molecular formula is C13H21N3O. The Balaban J connectivity index is 2.47. The molecule has 94 valence electrons. The molecule has 4 heteroatoms. The standard InChI is InChI=1S/C13H21N3O/c1-4-5-8-14-11-6-7-12(15-9-11)16-13(17)10(2)3/h6-7,9-10,14H,4-5,8H2,1-3H3,(H,15,16,17). The number of unbranched alkanes of at least 4 members (excludes halogenated alkanes) is 1. The minimum absolute atomic E-state index is 0.0100. The topological polar surface area (TPSA) is 54.0 Å². The number of carbonyl (C=O) groups is 1. The van der Waals surface area contributed by atoms with Crippen molar-refractivity contribution in [2.24, 2.45) is 5.92 Å². The second-order valence-electron chi connectivity index (χ2n) is 4.36. The average molecular weight is 235 g/mol. The summed E-state index contributed by atoms with van der Waals surface area (Å²) in [5.41, 5.74) is 0.987. The third kappa shape index (κ3) is 4.85. The second kappa shape index (κ2) is 6.89. The first-order valence-corrected chi connectivity index (χ1v) is 6.14. The lowest BCUT2D eigenvalue weighted by Gasteiger charge is -2.08. The predicted octanol–water partition coefficient (Wildman–Crippen LogP) is 2.89. The highest BCUT2D eigenvalue weighted by Gasteiger charge is 2.07. The van der Waals surface area contributed by atoms with Gasteiger partial charge in [-0.25, -0.2) is 4.98 Å². The van der Waals surface area contributed by atoms with Gasteiger partial charge in [0.15, 0.2) is 0 Å². The largest absolute Gasteiger partial charge is 0.384 e. The molecule has 0 saturated carbocycles. The van der Waals surface area contributed by atoms with Crippen molar-refractivity contribution in [3.63, 3.8) is 0 Å². The average Bonchev–Trinajstić information content (AvgIpc) is 2.31. The van der Waals surface area contributed by atoms with Crippen LogP contribution in [-0.2, 0) is 4.79 Å². The van der Waals surface area contributed by atoms with Gasteiger partial charge in [0.2, 0.25) is 5.91 Å². The van der Waals surface area contributed by atoms with E-state index in [1.54, 1.807) is 6.20 Å². The molecule has 0 aliphatic carbocycles. The number of rotatable bonds is 6. The molecule has 0 aliphatic rings. The monoisotopic (exact) mass is 235 g/mol. The molecule has 0 radical (unpaired) electrons. The third-order valence-electron chi connectivity index (χ3n) is 2.40. The van der Waals surface area contributed by atoms with Crippen molar-refractivity contribution in [2.75, 3.05) is 17.2 Å². The fraction of sp³-hybridized carbons (Fsp3) is 0.538.